The first-order valence-electron chi connectivity index (χ1n) is 8.91. The summed E-state index contributed by atoms with van der Waals surface area (Å²) in [5.74, 6) is 1.14. The van der Waals surface area contributed by atoms with Gasteiger partial charge in [-0.1, -0.05) is 0 Å². The van der Waals surface area contributed by atoms with Gasteiger partial charge >= 0.3 is 137 Å². The average Bonchev–Trinajstić information content (AvgIpc) is 2.51. The normalized spacial score (nSPS) is 11.6. The van der Waals surface area contributed by atoms with E-state index in [1.807, 2.05) is 0 Å². The van der Waals surface area contributed by atoms with Gasteiger partial charge in [-0.05, 0) is 0 Å². The zero-order chi connectivity index (χ0) is 15.6. The van der Waals surface area contributed by atoms with Crippen molar-refractivity contribution in [2.75, 3.05) is 0 Å². The minimum absolute atomic E-state index is 1.14. The SMILES string of the molecule is CCC[CH2][Sn]([CH2]CCC)([CH2]CCC)[O]c1ccc(C)cc1. The third-order valence-electron chi connectivity index (χ3n) is 4.31. The molecule has 1 aromatic carbocycles. The van der Waals surface area contributed by atoms with Crippen LogP contribution in [0.5, 0.6) is 5.75 Å². The topological polar surface area (TPSA) is 9.23 Å². The molecule has 0 saturated carbocycles. The van der Waals surface area contributed by atoms with Crippen molar-refractivity contribution in [3.8, 4) is 5.75 Å². The van der Waals surface area contributed by atoms with E-state index in [1.165, 1.54) is 57.4 Å². The van der Waals surface area contributed by atoms with Crippen LogP contribution in [0.3, 0.4) is 0 Å². The predicted molar refractivity (Wildman–Crippen MR) is 96.7 cm³/mol. The molecule has 0 aromatic heterocycles. The maximum absolute atomic E-state index is 6.77. The number of benzene rings is 1. The molecule has 0 saturated heterocycles. The van der Waals surface area contributed by atoms with Gasteiger partial charge in [-0.3, -0.25) is 0 Å². The first-order chi connectivity index (χ1) is 10.2. The number of hydrogen-bond donors (Lipinski definition) is 0. The molecule has 0 radical (unpaired) electrons. The molecule has 0 aliphatic rings. The number of aryl methyl sites for hydroxylation is 1. The standard InChI is InChI=1S/C7H8O.3C4H9.Sn/c1-6-2-4-7(8)5-3-6;3*1-3-4-2;/h2-5,8H,1H3;3*1,3-4H2,2H3;/q;;;;+1/p-1. The van der Waals surface area contributed by atoms with Crippen molar-refractivity contribution < 1.29 is 3.07 Å². The zero-order valence-corrected chi connectivity index (χ0v) is 17.4. The Balaban J connectivity index is 2.85. The van der Waals surface area contributed by atoms with E-state index in [-0.39, 0.29) is 0 Å². The Hall–Kier alpha value is -0.181. The Labute approximate surface area is 136 Å². The van der Waals surface area contributed by atoms with Crippen LogP contribution in [0.1, 0.15) is 64.9 Å². The molecule has 0 aliphatic heterocycles. The number of unbranched alkanes of at least 4 members (excludes halogenated alkanes) is 3. The zero-order valence-electron chi connectivity index (χ0n) is 14.6. The molecule has 0 atom stereocenters. The van der Waals surface area contributed by atoms with Crippen molar-refractivity contribution >= 4 is 18.8 Å². The summed E-state index contributed by atoms with van der Waals surface area (Å²) in [5.41, 5.74) is 1.32. The Morgan fingerprint density at radius 3 is 1.57 bits per heavy atom. The van der Waals surface area contributed by atoms with Crippen molar-refractivity contribution in [3.05, 3.63) is 29.8 Å². The average molecular weight is 397 g/mol. The number of hydrogen-bond acceptors (Lipinski definition) is 1. The molecule has 0 heterocycles. The van der Waals surface area contributed by atoms with Crippen LogP contribution in [-0.4, -0.2) is 18.8 Å². The van der Waals surface area contributed by atoms with Crippen molar-refractivity contribution in [3.63, 3.8) is 0 Å². The third-order valence-corrected chi connectivity index (χ3v) is 17.1. The molecule has 0 aliphatic carbocycles. The summed E-state index contributed by atoms with van der Waals surface area (Å²) in [5, 5.41) is 0. The van der Waals surface area contributed by atoms with E-state index in [0.29, 0.717) is 0 Å². The molecular weight excluding hydrogens is 363 g/mol. The van der Waals surface area contributed by atoms with Crippen molar-refractivity contribution in [2.24, 2.45) is 0 Å². The van der Waals surface area contributed by atoms with Gasteiger partial charge in [-0.15, -0.1) is 0 Å². The Morgan fingerprint density at radius 1 is 0.762 bits per heavy atom. The molecule has 0 unspecified atom stereocenters. The molecule has 2 heteroatoms. The van der Waals surface area contributed by atoms with Crippen LogP contribution in [0.4, 0.5) is 0 Å². The Bertz CT molecular complexity index is 350. The monoisotopic (exact) mass is 398 g/mol. The van der Waals surface area contributed by atoms with E-state index in [1.54, 1.807) is 0 Å². The fourth-order valence-corrected chi connectivity index (χ4v) is 16.3. The van der Waals surface area contributed by atoms with Gasteiger partial charge in [0.05, 0.1) is 0 Å². The van der Waals surface area contributed by atoms with E-state index in [0.717, 1.165) is 5.75 Å². The third kappa shape index (κ3) is 7.08. The first kappa shape index (κ1) is 18.9. The summed E-state index contributed by atoms with van der Waals surface area (Å²) in [4.78, 5) is 0. The summed E-state index contributed by atoms with van der Waals surface area (Å²) in [6.45, 7) is 9.07. The first-order valence-corrected chi connectivity index (χ1v) is 16.1. The molecule has 0 amide bonds. The molecule has 21 heavy (non-hydrogen) atoms. The summed E-state index contributed by atoms with van der Waals surface area (Å²) in [6.07, 6.45) is 7.97. The van der Waals surface area contributed by atoms with Gasteiger partial charge in [0.2, 0.25) is 0 Å². The molecule has 120 valence electrons. The molecule has 1 nitrogen and oxygen atoms in total. The number of rotatable bonds is 11. The summed E-state index contributed by atoms with van der Waals surface area (Å²) in [7, 11) is 0. The molecule has 0 spiro atoms. The van der Waals surface area contributed by atoms with Crippen LogP contribution in [-0.2, 0) is 0 Å². The second kappa shape index (κ2) is 10.5. The van der Waals surface area contributed by atoms with Crippen LogP contribution in [0, 0.1) is 6.92 Å². The van der Waals surface area contributed by atoms with Crippen molar-refractivity contribution in [1.82, 2.24) is 0 Å². The summed E-state index contributed by atoms with van der Waals surface area (Å²) >= 11 is -2.47. The Morgan fingerprint density at radius 2 is 1.19 bits per heavy atom. The quantitative estimate of drug-likeness (QED) is 0.377. The van der Waals surface area contributed by atoms with Gasteiger partial charge in [-0.2, -0.15) is 0 Å². The van der Waals surface area contributed by atoms with Gasteiger partial charge in [-0.25, -0.2) is 0 Å². The van der Waals surface area contributed by atoms with E-state index in [9.17, 15) is 0 Å². The maximum atomic E-state index is 6.77. The van der Waals surface area contributed by atoms with Gasteiger partial charge in [0, 0.05) is 0 Å². The molecule has 0 N–H and O–H groups in total. The van der Waals surface area contributed by atoms with E-state index in [4.69, 9.17) is 3.07 Å². The van der Waals surface area contributed by atoms with Gasteiger partial charge in [0.25, 0.3) is 0 Å². The van der Waals surface area contributed by atoms with Gasteiger partial charge in [0.15, 0.2) is 0 Å². The Kier molecular flexibility index (Phi) is 9.46. The van der Waals surface area contributed by atoms with Crippen LogP contribution in [0.25, 0.3) is 0 Å². The summed E-state index contributed by atoms with van der Waals surface area (Å²) in [6, 6.07) is 8.74. The second-order valence-corrected chi connectivity index (χ2v) is 18.0. The molecule has 0 fully saturated rings. The van der Waals surface area contributed by atoms with Crippen LogP contribution in [0.15, 0.2) is 24.3 Å². The van der Waals surface area contributed by atoms with E-state index in [2.05, 4.69) is 52.0 Å². The van der Waals surface area contributed by atoms with Crippen molar-refractivity contribution in [2.45, 2.75) is 79.5 Å². The van der Waals surface area contributed by atoms with Crippen LogP contribution in [0.2, 0.25) is 13.3 Å². The van der Waals surface area contributed by atoms with E-state index < -0.39 is 18.8 Å². The fourth-order valence-electron chi connectivity index (χ4n) is 2.88. The molecule has 0 bridgehead atoms. The van der Waals surface area contributed by atoms with E-state index >= 15 is 0 Å². The van der Waals surface area contributed by atoms with Gasteiger partial charge in [0.1, 0.15) is 0 Å². The molecular formula is C19H34OSn. The van der Waals surface area contributed by atoms with Crippen LogP contribution >= 0.6 is 0 Å². The second-order valence-electron chi connectivity index (χ2n) is 6.41. The minimum atomic E-state index is -2.47. The predicted octanol–water partition coefficient (Wildman–Crippen LogP) is 6.72. The van der Waals surface area contributed by atoms with Crippen LogP contribution < -0.4 is 3.07 Å². The fraction of sp³-hybridized carbons (Fsp3) is 0.684. The molecule has 1 aromatic rings. The molecule has 1 rings (SSSR count). The van der Waals surface area contributed by atoms with Gasteiger partial charge < -0.3 is 0 Å². The van der Waals surface area contributed by atoms with Crippen molar-refractivity contribution in [1.29, 1.82) is 0 Å². The summed E-state index contributed by atoms with van der Waals surface area (Å²) < 4.78 is 11.0.